The highest BCUT2D eigenvalue weighted by Crippen LogP contribution is 2.30. The van der Waals surface area contributed by atoms with Gasteiger partial charge in [0.2, 0.25) is 5.95 Å². The number of hydrogen-bond acceptors (Lipinski definition) is 5. The molecule has 1 saturated heterocycles. The van der Waals surface area contributed by atoms with Crippen LogP contribution in [0.3, 0.4) is 0 Å². The number of fused-ring (bicyclic) bond motifs is 1. The molecule has 0 spiro atoms. The standard InChI is InChI=1S/C20H19N3O3/c24-19(25)14-6-7-15-13-21-20(22-18(15)12-14)23(16-4-2-1-3-5-16)17-8-10-26-11-9-17/h1-7,12-13,17H,8-11H2,(H,24,25). The molecule has 26 heavy (non-hydrogen) atoms. The van der Waals surface area contributed by atoms with Crippen molar-refractivity contribution >= 4 is 28.5 Å². The van der Waals surface area contributed by atoms with Crippen molar-refractivity contribution in [3.05, 3.63) is 60.3 Å². The molecule has 0 saturated carbocycles. The first-order valence-corrected chi connectivity index (χ1v) is 8.64. The summed E-state index contributed by atoms with van der Waals surface area (Å²) in [5.74, 6) is -0.380. The van der Waals surface area contributed by atoms with Crippen molar-refractivity contribution < 1.29 is 14.6 Å². The molecule has 3 aromatic rings. The molecule has 132 valence electrons. The van der Waals surface area contributed by atoms with Crippen molar-refractivity contribution in [2.75, 3.05) is 18.1 Å². The zero-order valence-electron chi connectivity index (χ0n) is 14.2. The summed E-state index contributed by atoms with van der Waals surface area (Å²) in [4.78, 5) is 22.6. The molecule has 1 N–H and O–H groups in total. The first kappa shape index (κ1) is 16.5. The van der Waals surface area contributed by atoms with Crippen LogP contribution in [0.15, 0.2) is 54.7 Å². The second kappa shape index (κ2) is 7.09. The molecule has 0 aliphatic carbocycles. The molecule has 0 radical (unpaired) electrons. The molecule has 1 aromatic heterocycles. The molecular weight excluding hydrogens is 330 g/mol. The summed E-state index contributed by atoms with van der Waals surface area (Å²) in [6.07, 6.45) is 3.54. The Morgan fingerprint density at radius 2 is 1.88 bits per heavy atom. The lowest BCUT2D eigenvalue weighted by atomic mass is 10.1. The Kier molecular flexibility index (Phi) is 4.50. The van der Waals surface area contributed by atoms with Gasteiger partial charge in [0.15, 0.2) is 0 Å². The van der Waals surface area contributed by atoms with E-state index in [4.69, 9.17) is 4.74 Å². The van der Waals surface area contributed by atoms with Crippen LogP contribution in [0.4, 0.5) is 11.6 Å². The van der Waals surface area contributed by atoms with Crippen molar-refractivity contribution in [2.24, 2.45) is 0 Å². The van der Waals surface area contributed by atoms with Crippen LogP contribution in [-0.2, 0) is 4.74 Å². The summed E-state index contributed by atoms with van der Waals surface area (Å²) >= 11 is 0. The number of rotatable bonds is 4. The maximum atomic E-state index is 11.3. The summed E-state index contributed by atoms with van der Waals surface area (Å²) in [7, 11) is 0. The fourth-order valence-electron chi connectivity index (χ4n) is 3.28. The van der Waals surface area contributed by atoms with Crippen LogP contribution in [0.1, 0.15) is 23.2 Å². The Balaban J connectivity index is 1.80. The molecule has 1 fully saturated rings. The molecular formula is C20H19N3O3. The molecule has 4 rings (SSSR count). The van der Waals surface area contributed by atoms with Gasteiger partial charge in [0.05, 0.1) is 11.1 Å². The zero-order chi connectivity index (χ0) is 17.9. The van der Waals surface area contributed by atoms with E-state index in [1.54, 1.807) is 24.4 Å². The fourth-order valence-corrected chi connectivity index (χ4v) is 3.28. The molecule has 2 heterocycles. The minimum absolute atomic E-state index is 0.222. The van der Waals surface area contributed by atoms with Crippen molar-refractivity contribution in [3.63, 3.8) is 0 Å². The smallest absolute Gasteiger partial charge is 0.335 e. The van der Waals surface area contributed by atoms with E-state index < -0.39 is 5.97 Å². The average molecular weight is 349 g/mol. The number of benzene rings is 2. The normalized spacial score (nSPS) is 15.1. The average Bonchev–Trinajstić information content (AvgIpc) is 2.69. The number of para-hydroxylation sites is 1. The van der Waals surface area contributed by atoms with Crippen molar-refractivity contribution in [2.45, 2.75) is 18.9 Å². The Hall–Kier alpha value is -2.99. The fraction of sp³-hybridized carbons (Fsp3) is 0.250. The molecule has 0 amide bonds. The quantitative estimate of drug-likeness (QED) is 0.775. The van der Waals surface area contributed by atoms with Gasteiger partial charge in [-0.1, -0.05) is 24.3 Å². The minimum atomic E-state index is -0.962. The molecule has 6 heteroatoms. The maximum absolute atomic E-state index is 11.3. The molecule has 0 bridgehead atoms. The van der Waals surface area contributed by atoms with E-state index >= 15 is 0 Å². The van der Waals surface area contributed by atoms with Gasteiger partial charge in [0, 0.05) is 36.5 Å². The van der Waals surface area contributed by atoms with E-state index in [2.05, 4.69) is 14.9 Å². The van der Waals surface area contributed by atoms with Crippen molar-refractivity contribution in [3.8, 4) is 0 Å². The van der Waals surface area contributed by atoms with Crippen LogP contribution in [0, 0.1) is 0 Å². The highest BCUT2D eigenvalue weighted by molar-refractivity contribution is 5.93. The van der Waals surface area contributed by atoms with Crippen molar-refractivity contribution in [1.29, 1.82) is 0 Å². The van der Waals surface area contributed by atoms with Gasteiger partial charge >= 0.3 is 5.97 Å². The van der Waals surface area contributed by atoms with Gasteiger partial charge in [-0.2, -0.15) is 0 Å². The van der Waals surface area contributed by atoms with E-state index in [1.807, 2.05) is 30.3 Å². The largest absolute Gasteiger partial charge is 0.478 e. The van der Waals surface area contributed by atoms with Crippen LogP contribution in [0.25, 0.3) is 10.9 Å². The molecule has 0 unspecified atom stereocenters. The maximum Gasteiger partial charge on any atom is 0.335 e. The lowest BCUT2D eigenvalue weighted by Crippen LogP contribution is -2.37. The van der Waals surface area contributed by atoms with Gasteiger partial charge in [-0.05, 0) is 37.1 Å². The Morgan fingerprint density at radius 1 is 1.12 bits per heavy atom. The van der Waals surface area contributed by atoms with Gasteiger partial charge < -0.3 is 14.7 Å². The van der Waals surface area contributed by atoms with Gasteiger partial charge in [0.1, 0.15) is 0 Å². The molecule has 6 nitrogen and oxygen atoms in total. The minimum Gasteiger partial charge on any atom is -0.478 e. The highest BCUT2D eigenvalue weighted by atomic mass is 16.5. The molecule has 0 atom stereocenters. The number of carbonyl (C=O) groups is 1. The number of ether oxygens (including phenoxy) is 1. The molecule has 2 aromatic carbocycles. The van der Waals surface area contributed by atoms with E-state index in [0.717, 1.165) is 23.9 Å². The molecule has 1 aliphatic heterocycles. The van der Waals surface area contributed by atoms with E-state index in [0.29, 0.717) is 24.7 Å². The first-order valence-electron chi connectivity index (χ1n) is 8.64. The van der Waals surface area contributed by atoms with Gasteiger partial charge in [-0.3, -0.25) is 0 Å². The Bertz CT molecular complexity index is 924. The Labute approximate surface area is 151 Å². The SMILES string of the molecule is O=C(O)c1ccc2cnc(N(c3ccccc3)C3CCOCC3)nc2c1. The van der Waals surface area contributed by atoms with Crippen LogP contribution in [-0.4, -0.2) is 40.3 Å². The monoisotopic (exact) mass is 349 g/mol. The predicted octanol–water partition coefficient (Wildman–Crippen LogP) is 3.65. The number of aromatic carboxylic acids is 1. The van der Waals surface area contributed by atoms with E-state index in [-0.39, 0.29) is 11.6 Å². The third-order valence-corrected chi connectivity index (χ3v) is 4.62. The van der Waals surface area contributed by atoms with Crippen LogP contribution >= 0.6 is 0 Å². The Morgan fingerprint density at radius 3 is 2.62 bits per heavy atom. The number of anilines is 2. The zero-order valence-corrected chi connectivity index (χ0v) is 14.2. The number of carboxylic acid groups (broad SMARTS) is 1. The van der Waals surface area contributed by atoms with E-state index in [9.17, 15) is 9.90 Å². The second-order valence-electron chi connectivity index (χ2n) is 6.30. The van der Waals surface area contributed by atoms with Gasteiger partial charge in [0.25, 0.3) is 0 Å². The third kappa shape index (κ3) is 3.23. The lowest BCUT2D eigenvalue weighted by molar-refractivity contribution is 0.0697. The van der Waals surface area contributed by atoms with Crippen LogP contribution in [0.2, 0.25) is 0 Å². The van der Waals surface area contributed by atoms with Crippen molar-refractivity contribution in [1.82, 2.24) is 9.97 Å². The summed E-state index contributed by atoms with van der Waals surface area (Å²) in [5, 5.41) is 10.1. The molecule has 1 aliphatic rings. The highest BCUT2D eigenvalue weighted by Gasteiger charge is 2.25. The summed E-state index contributed by atoms with van der Waals surface area (Å²) in [5.41, 5.74) is 1.87. The third-order valence-electron chi connectivity index (χ3n) is 4.62. The number of carboxylic acids is 1. The van der Waals surface area contributed by atoms with Gasteiger partial charge in [-0.25, -0.2) is 14.8 Å². The van der Waals surface area contributed by atoms with Gasteiger partial charge in [-0.15, -0.1) is 0 Å². The van der Waals surface area contributed by atoms with Crippen LogP contribution in [0.5, 0.6) is 0 Å². The van der Waals surface area contributed by atoms with Crippen LogP contribution < -0.4 is 4.90 Å². The number of aromatic nitrogens is 2. The predicted molar refractivity (Wildman–Crippen MR) is 98.9 cm³/mol. The summed E-state index contributed by atoms with van der Waals surface area (Å²) in [6.45, 7) is 1.43. The summed E-state index contributed by atoms with van der Waals surface area (Å²) < 4.78 is 5.50. The number of nitrogens with zero attached hydrogens (tertiary/aromatic N) is 3. The number of hydrogen-bond donors (Lipinski definition) is 1. The topological polar surface area (TPSA) is 75.5 Å². The lowest BCUT2D eigenvalue weighted by Gasteiger charge is -2.34. The summed E-state index contributed by atoms with van der Waals surface area (Å²) in [6, 6.07) is 15.2. The first-order chi connectivity index (χ1) is 12.7. The second-order valence-corrected chi connectivity index (χ2v) is 6.30. The van der Waals surface area contributed by atoms with E-state index in [1.165, 1.54) is 0 Å².